The molecule has 1 heterocycles. The van der Waals surface area contributed by atoms with Gasteiger partial charge in [-0.15, -0.1) is 11.3 Å². The Balaban J connectivity index is 1.71. The van der Waals surface area contributed by atoms with E-state index in [-0.39, 0.29) is 18.7 Å². The van der Waals surface area contributed by atoms with Crippen molar-refractivity contribution in [2.24, 2.45) is 0 Å². The number of aliphatic carboxylic acids is 1. The summed E-state index contributed by atoms with van der Waals surface area (Å²) in [6.07, 6.45) is 0.878. The van der Waals surface area contributed by atoms with Crippen molar-refractivity contribution in [3.63, 3.8) is 0 Å². The van der Waals surface area contributed by atoms with E-state index in [2.05, 4.69) is 26.0 Å². The molecule has 37 heavy (non-hydrogen) atoms. The van der Waals surface area contributed by atoms with Crippen LogP contribution in [0.25, 0.3) is 0 Å². The van der Waals surface area contributed by atoms with Crippen molar-refractivity contribution in [1.29, 1.82) is 0 Å². The van der Waals surface area contributed by atoms with Crippen LogP contribution in [-0.2, 0) is 26.2 Å². The van der Waals surface area contributed by atoms with Crippen molar-refractivity contribution in [1.82, 2.24) is 20.7 Å². The number of hydrogen-bond donors (Lipinski definition) is 6. The summed E-state index contributed by atoms with van der Waals surface area (Å²) in [5.41, 5.74) is 1.25. The third-order valence-corrected chi connectivity index (χ3v) is 7.24. The van der Waals surface area contributed by atoms with E-state index >= 15 is 0 Å². The van der Waals surface area contributed by atoms with E-state index in [0.717, 1.165) is 5.56 Å². The number of urea groups is 1. The highest BCUT2D eigenvalue weighted by molar-refractivity contribution is 7.89. The van der Waals surface area contributed by atoms with E-state index in [1.54, 1.807) is 5.38 Å². The number of thiophene rings is 1. The van der Waals surface area contributed by atoms with E-state index in [4.69, 9.17) is 0 Å². The Morgan fingerprint density at radius 2 is 1.78 bits per heavy atom. The Labute approximate surface area is 219 Å². The average Bonchev–Trinajstić information content (AvgIpc) is 3.33. The van der Waals surface area contributed by atoms with Gasteiger partial charge in [-0.25, -0.2) is 13.2 Å². The van der Waals surface area contributed by atoms with Crippen LogP contribution in [0.5, 0.6) is 0 Å². The van der Waals surface area contributed by atoms with Gasteiger partial charge in [0.05, 0.1) is 16.3 Å². The Morgan fingerprint density at radius 3 is 2.46 bits per heavy atom. The fourth-order valence-corrected chi connectivity index (χ4v) is 5.12. The van der Waals surface area contributed by atoms with Gasteiger partial charge in [0.1, 0.15) is 6.04 Å². The Morgan fingerprint density at radius 1 is 1.05 bits per heavy atom. The first-order valence-electron chi connectivity index (χ1n) is 11.5. The molecule has 1 aromatic heterocycles. The number of sulfonamides is 1. The molecule has 0 spiro atoms. The number of nitrogens with one attached hydrogen (secondary N) is 5. The Kier molecular flexibility index (Phi) is 12.0. The minimum absolute atomic E-state index is 0.0270. The molecule has 0 fully saturated rings. The van der Waals surface area contributed by atoms with Crippen molar-refractivity contribution in [3.8, 4) is 0 Å². The van der Waals surface area contributed by atoms with Crippen LogP contribution in [0, 0.1) is 0 Å². The van der Waals surface area contributed by atoms with Gasteiger partial charge in [0.25, 0.3) is 5.91 Å². The van der Waals surface area contributed by atoms with Gasteiger partial charge in [-0.2, -0.15) is 4.72 Å². The molecule has 1 atom stereocenters. The third-order valence-electron chi connectivity index (χ3n) is 4.92. The molecule has 12 nitrogen and oxygen atoms in total. The number of carboxylic acids is 1. The van der Waals surface area contributed by atoms with Crippen molar-refractivity contribution in [2.45, 2.75) is 38.8 Å². The second-order valence-corrected chi connectivity index (χ2v) is 10.8. The number of carbonyl (C=O) groups is 4. The normalized spacial score (nSPS) is 11.8. The van der Waals surface area contributed by atoms with E-state index in [9.17, 15) is 32.7 Å². The molecule has 0 saturated heterocycles. The summed E-state index contributed by atoms with van der Waals surface area (Å²) in [5.74, 6) is -2.62. The highest BCUT2D eigenvalue weighted by Crippen LogP contribution is 2.20. The second-order valence-electron chi connectivity index (χ2n) is 7.98. The largest absolute Gasteiger partial charge is 0.480 e. The molecule has 14 heteroatoms. The molecule has 0 aliphatic carbocycles. The van der Waals surface area contributed by atoms with Crippen LogP contribution >= 0.6 is 11.3 Å². The summed E-state index contributed by atoms with van der Waals surface area (Å²) in [6, 6.07) is 8.98. The van der Waals surface area contributed by atoms with Gasteiger partial charge >= 0.3 is 12.0 Å². The van der Waals surface area contributed by atoms with Crippen LogP contribution in [0.3, 0.4) is 0 Å². The first-order valence-corrected chi connectivity index (χ1v) is 14.1. The molecular weight excluding hydrogens is 522 g/mol. The number of anilines is 1. The molecule has 2 aromatic rings. The van der Waals surface area contributed by atoms with E-state index < -0.39 is 46.4 Å². The lowest BCUT2D eigenvalue weighted by Crippen LogP contribution is -2.49. The Bertz CT molecular complexity index is 1170. The molecule has 202 valence electrons. The van der Waals surface area contributed by atoms with Crippen molar-refractivity contribution >= 4 is 50.2 Å². The molecular formula is C23H31N5O7S2. The fourth-order valence-electron chi connectivity index (χ4n) is 2.94. The first kappa shape index (κ1) is 29.7. The SMILES string of the molecule is CCCCS(=O)(=O)N[C@@H](CNC(=O)CCNC(=O)c1csc(NC(=O)NCc2ccccc2)c1)C(=O)O. The van der Waals surface area contributed by atoms with Crippen LogP contribution in [0.2, 0.25) is 0 Å². The van der Waals surface area contributed by atoms with E-state index in [1.807, 2.05) is 37.3 Å². The summed E-state index contributed by atoms with van der Waals surface area (Å²) in [6.45, 7) is 1.70. The number of amides is 4. The highest BCUT2D eigenvalue weighted by Gasteiger charge is 2.24. The number of unbranched alkanes of at least 4 members (excludes halogenated alkanes) is 1. The maximum atomic E-state index is 12.3. The second kappa shape index (κ2) is 14.9. The van der Waals surface area contributed by atoms with Crippen LogP contribution in [-0.4, -0.2) is 62.2 Å². The standard InChI is InChI=1S/C23H31N5O7S2/c1-2-3-11-37(34,35)28-18(22(31)32)14-25-19(29)9-10-24-21(30)17-12-20(36-15-17)27-23(33)26-13-16-7-5-4-6-8-16/h4-8,12,15,18,28H,2-3,9-11,13-14H2,1H3,(H,24,30)(H,25,29)(H,31,32)(H2,26,27,33)/t18-/m0/s1. The number of carboxylic acid groups (broad SMARTS) is 1. The first-order chi connectivity index (χ1) is 17.6. The average molecular weight is 554 g/mol. The smallest absolute Gasteiger partial charge is 0.323 e. The molecule has 0 radical (unpaired) electrons. The van der Waals surface area contributed by atoms with Gasteiger partial charge < -0.3 is 21.1 Å². The number of benzene rings is 1. The lowest BCUT2D eigenvalue weighted by molar-refractivity contribution is -0.138. The summed E-state index contributed by atoms with van der Waals surface area (Å²) in [5, 5.41) is 21.5. The molecule has 0 bridgehead atoms. The Hall–Kier alpha value is -3.49. The quantitative estimate of drug-likeness (QED) is 0.193. The van der Waals surface area contributed by atoms with E-state index in [1.165, 1.54) is 17.4 Å². The zero-order chi connectivity index (χ0) is 27.3. The fraction of sp³-hybridized carbons (Fsp3) is 0.391. The van der Waals surface area contributed by atoms with Crippen molar-refractivity contribution in [2.75, 3.05) is 24.2 Å². The summed E-state index contributed by atoms with van der Waals surface area (Å²) in [4.78, 5) is 47.7. The van der Waals surface area contributed by atoms with Crippen LogP contribution in [0.15, 0.2) is 41.8 Å². The van der Waals surface area contributed by atoms with Crippen molar-refractivity contribution < 1.29 is 32.7 Å². The number of hydrogen-bond acceptors (Lipinski definition) is 7. The minimum atomic E-state index is -3.78. The predicted molar refractivity (Wildman–Crippen MR) is 140 cm³/mol. The maximum absolute atomic E-state index is 12.3. The van der Waals surface area contributed by atoms with Gasteiger partial charge in [-0.1, -0.05) is 43.7 Å². The highest BCUT2D eigenvalue weighted by atomic mass is 32.2. The minimum Gasteiger partial charge on any atom is -0.480 e. The zero-order valence-corrected chi connectivity index (χ0v) is 21.9. The predicted octanol–water partition coefficient (Wildman–Crippen LogP) is 1.48. The summed E-state index contributed by atoms with van der Waals surface area (Å²) >= 11 is 1.17. The van der Waals surface area contributed by atoms with Gasteiger partial charge in [0, 0.05) is 31.4 Å². The van der Waals surface area contributed by atoms with Crippen LogP contribution in [0.1, 0.15) is 42.1 Å². The van der Waals surface area contributed by atoms with Gasteiger partial charge in [-0.3, -0.25) is 19.7 Å². The molecule has 4 amide bonds. The molecule has 6 N–H and O–H groups in total. The van der Waals surface area contributed by atoms with Crippen LogP contribution in [0.4, 0.5) is 9.80 Å². The van der Waals surface area contributed by atoms with E-state index in [0.29, 0.717) is 30.0 Å². The monoisotopic (exact) mass is 553 g/mol. The molecule has 0 aliphatic rings. The molecule has 2 rings (SSSR count). The maximum Gasteiger partial charge on any atom is 0.323 e. The topological polar surface area (TPSA) is 183 Å². The van der Waals surface area contributed by atoms with Gasteiger partial charge in [0.15, 0.2) is 0 Å². The van der Waals surface area contributed by atoms with Crippen LogP contribution < -0.4 is 26.0 Å². The lowest BCUT2D eigenvalue weighted by atomic mass is 10.2. The van der Waals surface area contributed by atoms with Gasteiger partial charge in [-0.05, 0) is 18.1 Å². The molecule has 1 aromatic carbocycles. The lowest BCUT2D eigenvalue weighted by Gasteiger charge is -2.15. The molecule has 0 unspecified atom stereocenters. The number of carbonyl (C=O) groups excluding carboxylic acids is 3. The third kappa shape index (κ3) is 11.4. The number of rotatable bonds is 15. The molecule has 0 aliphatic heterocycles. The molecule has 0 saturated carbocycles. The van der Waals surface area contributed by atoms with Gasteiger partial charge in [0.2, 0.25) is 15.9 Å². The zero-order valence-electron chi connectivity index (χ0n) is 20.3. The summed E-state index contributed by atoms with van der Waals surface area (Å²) in [7, 11) is -3.78. The van der Waals surface area contributed by atoms with Crippen molar-refractivity contribution in [3.05, 3.63) is 52.9 Å². The summed E-state index contributed by atoms with van der Waals surface area (Å²) < 4.78 is 25.9.